The lowest BCUT2D eigenvalue weighted by atomic mass is 10.0. The standard InChI is InChI=1S/C31H26F10O5/c1-2-3-4-5-17-14-43-29(44-15-17)31(40,41)45-19-7-8-21(23(32)11-19)18-6-9-22(24(33)10-18)30(38,39)46-20-12-25(34)28(26(35)13-20)42-16-27(36)37/h6-13,16-17,29H,2-5,14-15H2,1H3. The molecule has 0 aromatic heterocycles. The van der Waals surface area contributed by atoms with Crippen LogP contribution in [0.25, 0.3) is 11.1 Å². The molecule has 0 unspecified atom stereocenters. The molecule has 5 nitrogen and oxygen atoms in total. The van der Waals surface area contributed by atoms with Gasteiger partial charge in [-0.1, -0.05) is 32.3 Å². The van der Waals surface area contributed by atoms with Gasteiger partial charge in [0.25, 0.3) is 6.29 Å². The molecule has 0 saturated carbocycles. The summed E-state index contributed by atoms with van der Waals surface area (Å²) in [6, 6.07) is 4.74. The Balaban J connectivity index is 1.44. The van der Waals surface area contributed by atoms with Crippen LogP contribution in [0.15, 0.2) is 60.9 Å². The van der Waals surface area contributed by atoms with Gasteiger partial charge < -0.3 is 23.7 Å². The van der Waals surface area contributed by atoms with Crippen molar-refractivity contribution in [1.29, 1.82) is 0 Å². The van der Waals surface area contributed by atoms with E-state index in [1.165, 1.54) is 0 Å². The number of hydrogen-bond acceptors (Lipinski definition) is 5. The van der Waals surface area contributed by atoms with Crippen LogP contribution in [0.3, 0.4) is 0 Å². The van der Waals surface area contributed by atoms with E-state index >= 15 is 0 Å². The number of benzene rings is 3. The maximum atomic E-state index is 14.9. The molecule has 3 aromatic carbocycles. The van der Waals surface area contributed by atoms with E-state index in [4.69, 9.17) is 9.47 Å². The topological polar surface area (TPSA) is 46.2 Å². The van der Waals surface area contributed by atoms with Crippen molar-refractivity contribution in [3.8, 4) is 28.4 Å². The second-order valence-electron chi connectivity index (χ2n) is 10.2. The highest BCUT2D eigenvalue weighted by Crippen LogP contribution is 2.38. The van der Waals surface area contributed by atoms with Gasteiger partial charge in [0.15, 0.2) is 23.6 Å². The zero-order valence-electron chi connectivity index (χ0n) is 23.9. The van der Waals surface area contributed by atoms with Gasteiger partial charge in [0, 0.05) is 29.7 Å². The molecule has 4 rings (SSSR count). The Morgan fingerprint density at radius 2 is 1.46 bits per heavy atom. The van der Waals surface area contributed by atoms with E-state index in [0.29, 0.717) is 18.2 Å². The molecule has 0 radical (unpaired) electrons. The number of rotatable bonds is 13. The molecule has 0 N–H and O–H groups in total. The van der Waals surface area contributed by atoms with Crippen LogP contribution in [0.5, 0.6) is 17.2 Å². The lowest BCUT2D eigenvalue weighted by molar-refractivity contribution is -0.352. The van der Waals surface area contributed by atoms with E-state index in [2.05, 4.69) is 14.2 Å². The third-order valence-corrected chi connectivity index (χ3v) is 6.73. The number of halogens is 10. The highest BCUT2D eigenvalue weighted by molar-refractivity contribution is 5.65. The minimum Gasteiger partial charge on any atom is -0.453 e. The maximum absolute atomic E-state index is 14.9. The molecule has 15 heteroatoms. The number of unbranched alkanes of at least 4 members (excludes halogenated alkanes) is 2. The molecular formula is C31H26F10O5. The molecule has 250 valence electrons. The van der Waals surface area contributed by atoms with Crippen LogP contribution in [-0.4, -0.2) is 25.6 Å². The molecule has 1 aliphatic rings. The summed E-state index contributed by atoms with van der Waals surface area (Å²) in [6.45, 7) is 2.09. The summed E-state index contributed by atoms with van der Waals surface area (Å²) in [5.41, 5.74) is -2.07. The summed E-state index contributed by atoms with van der Waals surface area (Å²) in [4.78, 5) is 0. The summed E-state index contributed by atoms with van der Waals surface area (Å²) in [7, 11) is 0. The normalized spacial score (nSPS) is 17.0. The summed E-state index contributed by atoms with van der Waals surface area (Å²) < 4.78 is 164. The molecule has 0 atom stereocenters. The van der Waals surface area contributed by atoms with Crippen molar-refractivity contribution >= 4 is 0 Å². The predicted octanol–water partition coefficient (Wildman–Crippen LogP) is 9.70. The second kappa shape index (κ2) is 14.6. The number of hydrogen-bond donors (Lipinski definition) is 0. The Morgan fingerprint density at radius 1 is 0.804 bits per heavy atom. The van der Waals surface area contributed by atoms with Gasteiger partial charge in [0.05, 0.1) is 18.8 Å². The van der Waals surface area contributed by atoms with Gasteiger partial charge in [-0.3, -0.25) is 0 Å². The third kappa shape index (κ3) is 8.63. The van der Waals surface area contributed by atoms with Crippen LogP contribution in [0.4, 0.5) is 43.9 Å². The smallest absolute Gasteiger partial charge is 0.451 e. The van der Waals surface area contributed by atoms with Gasteiger partial charge in [-0.25, -0.2) is 17.6 Å². The molecule has 1 aliphatic heterocycles. The molecule has 3 aromatic rings. The predicted molar refractivity (Wildman–Crippen MR) is 142 cm³/mol. The first-order valence-electron chi connectivity index (χ1n) is 13.8. The average Bonchev–Trinajstić information content (AvgIpc) is 2.96. The van der Waals surface area contributed by atoms with Gasteiger partial charge in [0.1, 0.15) is 23.1 Å². The fraction of sp³-hybridized carbons (Fsp3) is 0.355. The van der Waals surface area contributed by atoms with Gasteiger partial charge in [-0.05, 0) is 36.2 Å². The van der Waals surface area contributed by atoms with Crippen molar-refractivity contribution in [2.75, 3.05) is 13.2 Å². The van der Waals surface area contributed by atoms with Crippen LogP contribution in [0, 0.1) is 29.2 Å². The molecule has 0 aliphatic carbocycles. The quantitative estimate of drug-likeness (QED) is 0.103. The fourth-order valence-electron chi connectivity index (χ4n) is 4.52. The van der Waals surface area contributed by atoms with Crippen LogP contribution in [0.1, 0.15) is 38.2 Å². The lowest BCUT2D eigenvalue weighted by Crippen LogP contribution is -2.47. The minimum absolute atomic E-state index is 0.0308. The van der Waals surface area contributed by atoms with Gasteiger partial charge >= 0.3 is 18.3 Å². The maximum Gasteiger partial charge on any atom is 0.451 e. The molecular weight excluding hydrogens is 642 g/mol. The van der Waals surface area contributed by atoms with E-state index in [-0.39, 0.29) is 48.7 Å². The molecule has 0 amide bonds. The molecule has 0 bridgehead atoms. The van der Waals surface area contributed by atoms with Crippen LogP contribution in [0.2, 0.25) is 0 Å². The highest BCUT2D eigenvalue weighted by Gasteiger charge is 2.47. The molecule has 1 heterocycles. The first-order chi connectivity index (χ1) is 21.7. The molecule has 1 fully saturated rings. The minimum atomic E-state index is -4.53. The van der Waals surface area contributed by atoms with Gasteiger partial charge in [-0.15, -0.1) is 0 Å². The molecule has 1 saturated heterocycles. The SMILES string of the molecule is CCCCCC1COC(C(F)(F)Oc2ccc(-c3ccc(C(F)(F)Oc4cc(F)c(OC=C(F)F)c(F)c4)c(F)c3)c(F)c2)OC1. The summed E-state index contributed by atoms with van der Waals surface area (Å²) >= 11 is 0. The Bertz CT molecular complexity index is 1510. The van der Waals surface area contributed by atoms with Crippen LogP contribution in [-0.2, 0) is 15.6 Å². The van der Waals surface area contributed by atoms with E-state index < -0.39 is 70.7 Å². The molecule has 0 spiro atoms. The van der Waals surface area contributed by atoms with Crippen LogP contribution >= 0.6 is 0 Å². The van der Waals surface area contributed by atoms with Crippen molar-refractivity contribution in [1.82, 2.24) is 0 Å². The van der Waals surface area contributed by atoms with E-state index in [1.807, 2.05) is 6.92 Å². The van der Waals surface area contributed by atoms with E-state index in [1.54, 1.807) is 0 Å². The van der Waals surface area contributed by atoms with Crippen molar-refractivity contribution in [3.05, 3.63) is 89.7 Å². The average molecular weight is 669 g/mol. The third-order valence-electron chi connectivity index (χ3n) is 6.73. The zero-order valence-corrected chi connectivity index (χ0v) is 23.9. The van der Waals surface area contributed by atoms with Gasteiger partial charge in [-0.2, -0.15) is 26.3 Å². The number of alkyl halides is 4. The Hall–Kier alpha value is -3.98. The molecule has 46 heavy (non-hydrogen) atoms. The lowest BCUT2D eigenvalue weighted by Gasteiger charge is -2.33. The zero-order chi connectivity index (χ0) is 33.6. The summed E-state index contributed by atoms with van der Waals surface area (Å²) in [6.07, 6.45) is -9.63. The summed E-state index contributed by atoms with van der Waals surface area (Å²) in [5, 5.41) is 0. The van der Waals surface area contributed by atoms with Crippen molar-refractivity contribution in [2.24, 2.45) is 5.92 Å². The highest BCUT2D eigenvalue weighted by atomic mass is 19.3. The van der Waals surface area contributed by atoms with Crippen molar-refractivity contribution < 1.29 is 67.6 Å². The monoisotopic (exact) mass is 668 g/mol. The first-order valence-corrected chi connectivity index (χ1v) is 13.8. The fourth-order valence-corrected chi connectivity index (χ4v) is 4.52. The van der Waals surface area contributed by atoms with Crippen LogP contribution < -0.4 is 14.2 Å². The van der Waals surface area contributed by atoms with E-state index in [0.717, 1.165) is 43.9 Å². The van der Waals surface area contributed by atoms with Gasteiger partial charge in [0.2, 0.25) is 0 Å². The largest absolute Gasteiger partial charge is 0.453 e. The van der Waals surface area contributed by atoms with Crippen molar-refractivity contribution in [3.63, 3.8) is 0 Å². The Labute approximate surface area is 256 Å². The second-order valence-corrected chi connectivity index (χ2v) is 10.2. The van der Waals surface area contributed by atoms with Crippen molar-refractivity contribution in [2.45, 2.75) is 51.1 Å². The Morgan fingerprint density at radius 3 is 2.04 bits per heavy atom. The summed E-state index contributed by atoms with van der Waals surface area (Å²) in [5.74, 6) is -9.29. The Kier molecular flexibility index (Phi) is 11.1. The van der Waals surface area contributed by atoms with E-state index in [9.17, 15) is 43.9 Å². The number of ether oxygens (including phenoxy) is 5. The first kappa shape index (κ1) is 34.9.